The van der Waals surface area contributed by atoms with Gasteiger partial charge in [-0.15, -0.1) is 0 Å². The SMILES string of the molecule is CN1CNn2cc(C=O)c(=O)c(OCc3ccccc3)c2C1=O. The van der Waals surface area contributed by atoms with Gasteiger partial charge in [-0.25, -0.2) is 0 Å². The molecule has 23 heavy (non-hydrogen) atoms. The topological polar surface area (TPSA) is 80.6 Å². The zero-order chi connectivity index (χ0) is 16.4. The van der Waals surface area contributed by atoms with E-state index in [-0.39, 0.29) is 36.2 Å². The van der Waals surface area contributed by atoms with Crippen LogP contribution in [-0.4, -0.2) is 35.5 Å². The Morgan fingerprint density at radius 3 is 2.70 bits per heavy atom. The van der Waals surface area contributed by atoms with E-state index in [4.69, 9.17) is 4.74 Å². The van der Waals surface area contributed by atoms with Crippen molar-refractivity contribution in [3.05, 3.63) is 63.6 Å². The van der Waals surface area contributed by atoms with Crippen molar-refractivity contribution in [2.75, 3.05) is 19.1 Å². The molecule has 7 heteroatoms. The summed E-state index contributed by atoms with van der Waals surface area (Å²) in [4.78, 5) is 37.3. The standard InChI is InChI=1S/C16H15N3O4/c1-18-10-17-19-7-12(8-20)14(21)15(13(19)16(18)22)23-9-11-5-3-2-4-6-11/h2-8,17H,9-10H2,1H3. The Morgan fingerprint density at radius 1 is 1.26 bits per heavy atom. The first kappa shape index (κ1) is 14.8. The van der Waals surface area contributed by atoms with Crippen molar-refractivity contribution < 1.29 is 14.3 Å². The summed E-state index contributed by atoms with van der Waals surface area (Å²) in [5, 5.41) is 0. The van der Waals surface area contributed by atoms with Gasteiger partial charge >= 0.3 is 0 Å². The minimum Gasteiger partial charge on any atom is -0.482 e. The molecule has 1 aliphatic heterocycles. The zero-order valence-corrected chi connectivity index (χ0v) is 12.5. The van der Waals surface area contributed by atoms with Crippen molar-refractivity contribution in [2.45, 2.75) is 6.61 Å². The van der Waals surface area contributed by atoms with Crippen molar-refractivity contribution >= 4 is 12.2 Å². The van der Waals surface area contributed by atoms with Gasteiger partial charge < -0.3 is 15.1 Å². The van der Waals surface area contributed by atoms with Crippen LogP contribution in [0.4, 0.5) is 0 Å². The first-order chi connectivity index (χ1) is 11.1. The van der Waals surface area contributed by atoms with E-state index >= 15 is 0 Å². The summed E-state index contributed by atoms with van der Waals surface area (Å²) in [6.45, 7) is 0.396. The molecule has 2 aromatic rings. The third kappa shape index (κ3) is 2.68. The Bertz CT molecular complexity index is 814. The molecule has 0 unspecified atom stereocenters. The van der Waals surface area contributed by atoms with E-state index in [1.54, 1.807) is 7.05 Å². The molecular formula is C16H15N3O4. The molecular weight excluding hydrogens is 298 g/mol. The molecule has 0 saturated carbocycles. The minimum absolute atomic E-state index is 0.0679. The highest BCUT2D eigenvalue weighted by Crippen LogP contribution is 2.19. The lowest BCUT2D eigenvalue weighted by atomic mass is 10.2. The van der Waals surface area contributed by atoms with Gasteiger partial charge in [-0.1, -0.05) is 30.3 Å². The molecule has 0 bridgehead atoms. The van der Waals surface area contributed by atoms with Crippen LogP contribution in [0.25, 0.3) is 0 Å². The highest BCUT2D eigenvalue weighted by Gasteiger charge is 2.28. The van der Waals surface area contributed by atoms with Crippen molar-refractivity contribution in [3.63, 3.8) is 0 Å². The second kappa shape index (κ2) is 5.96. The third-order valence-corrected chi connectivity index (χ3v) is 3.57. The van der Waals surface area contributed by atoms with Crippen LogP contribution in [0.5, 0.6) is 5.75 Å². The van der Waals surface area contributed by atoms with Crippen molar-refractivity contribution in [2.24, 2.45) is 0 Å². The first-order valence-corrected chi connectivity index (χ1v) is 7.02. The van der Waals surface area contributed by atoms with Crippen LogP contribution < -0.4 is 15.6 Å². The Morgan fingerprint density at radius 2 is 2.00 bits per heavy atom. The third-order valence-electron chi connectivity index (χ3n) is 3.57. The quantitative estimate of drug-likeness (QED) is 0.846. The number of amides is 1. The summed E-state index contributed by atoms with van der Waals surface area (Å²) in [5.74, 6) is -0.469. The monoisotopic (exact) mass is 313 g/mol. The highest BCUT2D eigenvalue weighted by molar-refractivity contribution is 5.96. The van der Waals surface area contributed by atoms with Crippen molar-refractivity contribution in [1.82, 2.24) is 9.58 Å². The van der Waals surface area contributed by atoms with Gasteiger partial charge in [0.1, 0.15) is 13.3 Å². The van der Waals surface area contributed by atoms with Crippen LogP contribution in [0.2, 0.25) is 0 Å². The van der Waals surface area contributed by atoms with Gasteiger partial charge in [-0.3, -0.25) is 19.1 Å². The molecule has 1 amide bonds. The maximum absolute atomic E-state index is 12.4. The summed E-state index contributed by atoms with van der Waals surface area (Å²) < 4.78 is 6.97. The van der Waals surface area contributed by atoms with E-state index in [0.717, 1.165) is 5.56 Å². The summed E-state index contributed by atoms with van der Waals surface area (Å²) in [6, 6.07) is 9.27. The highest BCUT2D eigenvalue weighted by atomic mass is 16.5. The number of carbonyl (C=O) groups excluding carboxylic acids is 2. The molecule has 118 valence electrons. The molecule has 0 aliphatic carbocycles. The fraction of sp³-hybridized carbons (Fsp3) is 0.188. The second-order valence-electron chi connectivity index (χ2n) is 5.17. The number of hydrogen-bond donors (Lipinski definition) is 1. The number of nitrogens with one attached hydrogen (secondary N) is 1. The first-order valence-electron chi connectivity index (χ1n) is 7.02. The lowest BCUT2D eigenvalue weighted by Gasteiger charge is -2.29. The molecule has 0 radical (unpaired) electrons. The zero-order valence-electron chi connectivity index (χ0n) is 12.5. The van der Waals surface area contributed by atoms with Crippen LogP contribution in [0, 0.1) is 0 Å². The Kier molecular flexibility index (Phi) is 3.84. The molecule has 0 spiro atoms. The van der Waals surface area contributed by atoms with Crippen LogP contribution in [-0.2, 0) is 6.61 Å². The predicted molar refractivity (Wildman–Crippen MR) is 83.2 cm³/mol. The smallest absolute Gasteiger partial charge is 0.277 e. The Hall–Kier alpha value is -3.09. The number of aromatic nitrogens is 1. The van der Waals surface area contributed by atoms with Crippen LogP contribution in [0.1, 0.15) is 26.4 Å². The van der Waals surface area contributed by atoms with Crippen molar-refractivity contribution in [1.29, 1.82) is 0 Å². The van der Waals surface area contributed by atoms with Gasteiger partial charge in [0.25, 0.3) is 5.91 Å². The fourth-order valence-corrected chi connectivity index (χ4v) is 2.32. The minimum atomic E-state index is -0.590. The largest absolute Gasteiger partial charge is 0.482 e. The number of fused-ring (bicyclic) bond motifs is 1. The maximum atomic E-state index is 12.4. The Balaban J connectivity index is 2.05. The molecule has 0 atom stereocenters. The number of carbonyl (C=O) groups is 2. The molecule has 3 rings (SSSR count). The molecule has 2 heterocycles. The van der Waals surface area contributed by atoms with Gasteiger partial charge in [0.15, 0.2) is 17.7 Å². The van der Waals surface area contributed by atoms with Crippen LogP contribution >= 0.6 is 0 Å². The van der Waals surface area contributed by atoms with Gasteiger partial charge in [0, 0.05) is 13.2 Å². The second-order valence-corrected chi connectivity index (χ2v) is 5.17. The van der Waals surface area contributed by atoms with Crippen LogP contribution in [0.3, 0.4) is 0 Å². The van der Waals surface area contributed by atoms with E-state index in [0.29, 0.717) is 6.29 Å². The molecule has 0 fully saturated rings. The lowest BCUT2D eigenvalue weighted by molar-refractivity contribution is 0.0760. The summed E-state index contributed by atoms with van der Waals surface area (Å²) in [5.41, 5.74) is 3.21. The van der Waals surface area contributed by atoms with Gasteiger partial charge in [-0.2, -0.15) is 0 Å². The fourth-order valence-electron chi connectivity index (χ4n) is 2.32. The van der Waals surface area contributed by atoms with Gasteiger partial charge in [0.05, 0.1) is 5.56 Å². The number of aldehydes is 1. The average Bonchev–Trinajstić information content (AvgIpc) is 2.58. The molecule has 0 saturated heterocycles. The summed E-state index contributed by atoms with van der Waals surface area (Å²) in [6.07, 6.45) is 1.76. The number of benzene rings is 1. The maximum Gasteiger partial charge on any atom is 0.277 e. The van der Waals surface area contributed by atoms with Gasteiger partial charge in [-0.05, 0) is 5.56 Å². The molecule has 1 aromatic heterocycles. The number of hydrogen-bond acceptors (Lipinski definition) is 5. The van der Waals surface area contributed by atoms with E-state index in [1.807, 2.05) is 30.3 Å². The number of ether oxygens (including phenoxy) is 1. The number of pyridine rings is 1. The lowest BCUT2D eigenvalue weighted by Crippen LogP contribution is -2.45. The van der Waals surface area contributed by atoms with Crippen LogP contribution in [0.15, 0.2) is 41.3 Å². The predicted octanol–water partition coefficient (Wildman–Crippen LogP) is 0.826. The molecule has 7 nitrogen and oxygen atoms in total. The van der Waals surface area contributed by atoms with E-state index in [9.17, 15) is 14.4 Å². The number of nitrogens with zero attached hydrogens (tertiary/aromatic N) is 2. The number of rotatable bonds is 4. The summed E-state index contributed by atoms with van der Waals surface area (Å²) >= 11 is 0. The Labute approximate surface area is 132 Å². The molecule has 1 aromatic carbocycles. The van der Waals surface area contributed by atoms with Crippen molar-refractivity contribution in [3.8, 4) is 5.75 Å². The van der Waals surface area contributed by atoms with E-state index in [1.165, 1.54) is 15.8 Å². The van der Waals surface area contributed by atoms with E-state index < -0.39 is 5.43 Å². The van der Waals surface area contributed by atoms with Gasteiger partial charge in [0.2, 0.25) is 5.43 Å². The normalized spacial score (nSPS) is 13.3. The van der Waals surface area contributed by atoms with E-state index in [2.05, 4.69) is 5.43 Å². The summed E-state index contributed by atoms with van der Waals surface area (Å²) in [7, 11) is 1.61. The average molecular weight is 313 g/mol. The molecule has 1 aliphatic rings. The molecule has 1 N–H and O–H groups in total.